The third kappa shape index (κ3) is 2.97. The van der Waals surface area contributed by atoms with Crippen LogP contribution in [0, 0.1) is 6.92 Å². The highest BCUT2D eigenvalue weighted by Crippen LogP contribution is 2.25. The van der Waals surface area contributed by atoms with E-state index in [1.54, 1.807) is 28.3 Å². The third-order valence-electron chi connectivity index (χ3n) is 4.35. The predicted molar refractivity (Wildman–Crippen MR) is 104 cm³/mol. The monoisotopic (exact) mass is 397 g/mol. The van der Waals surface area contributed by atoms with Crippen LogP contribution in [0.1, 0.15) is 5.69 Å². The second-order valence-corrected chi connectivity index (χ2v) is 6.59. The van der Waals surface area contributed by atoms with Crippen LogP contribution in [0.5, 0.6) is 0 Å². The number of aryl methyl sites for hydroxylation is 1. The molecule has 4 aromatic rings. The van der Waals surface area contributed by atoms with Gasteiger partial charge in [-0.25, -0.2) is 9.36 Å². The molecular weight excluding hydrogens is 382 g/mol. The van der Waals surface area contributed by atoms with Crippen LogP contribution in [-0.4, -0.2) is 37.2 Å². The van der Waals surface area contributed by atoms with Crippen LogP contribution in [-0.2, 0) is 16.1 Å². The number of hydrogen-bond acceptors (Lipinski definition) is 5. The van der Waals surface area contributed by atoms with Crippen molar-refractivity contribution in [2.75, 3.05) is 7.11 Å². The van der Waals surface area contributed by atoms with Crippen LogP contribution >= 0.6 is 11.6 Å². The van der Waals surface area contributed by atoms with E-state index in [-0.39, 0.29) is 6.54 Å². The number of halogens is 1. The van der Waals surface area contributed by atoms with Gasteiger partial charge in [-0.05, 0) is 43.3 Å². The van der Waals surface area contributed by atoms with Crippen LogP contribution in [0.15, 0.2) is 53.6 Å². The molecule has 3 aromatic heterocycles. The molecule has 0 saturated carbocycles. The first-order chi connectivity index (χ1) is 13.5. The van der Waals surface area contributed by atoms with E-state index in [0.29, 0.717) is 27.4 Å². The molecule has 0 atom stereocenters. The topological polar surface area (TPSA) is 83.9 Å². The summed E-state index contributed by atoms with van der Waals surface area (Å²) in [6.45, 7) is 1.47. The standard InChI is InChI=1S/C19H16ClN5O3/c1-12-17-16(19(27)24(21-12)11-15(26)28-2)18(23-9-3-4-10-23)25(22-17)14-7-5-13(20)6-8-14/h3-10H,11H2,1-2H3. The zero-order chi connectivity index (χ0) is 19.8. The Morgan fingerprint density at radius 1 is 1.14 bits per heavy atom. The van der Waals surface area contributed by atoms with Gasteiger partial charge in [0.15, 0.2) is 5.82 Å². The molecule has 0 bridgehead atoms. The fourth-order valence-corrected chi connectivity index (χ4v) is 3.16. The molecule has 0 amide bonds. The van der Waals surface area contributed by atoms with E-state index in [1.165, 1.54) is 7.11 Å². The van der Waals surface area contributed by atoms with E-state index >= 15 is 0 Å². The lowest BCUT2D eigenvalue weighted by atomic mass is 10.2. The van der Waals surface area contributed by atoms with Crippen LogP contribution < -0.4 is 5.56 Å². The van der Waals surface area contributed by atoms with Gasteiger partial charge in [-0.1, -0.05) is 11.6 Å². The van der Waals surface area contributed by atoms with Crippen molar-refractivity contribution < 1.29 is 9.53 Å². The molecule has 0 aliphatic heterocycles. The van der Waals surface area contributed by atoms with Gasteiger partial charge < -0.3 is 9.30 Å². The van der Waals surface area contributed by atoms with Crippen molar-refractivity contribution in [3.05, 3.63) is 69.9 Å². The van der Waals surface area contributed by atoms with Gasteiger partial charge in [-0.3, -0.25) is 9.59 Å². The zero-order valence-electron chi connectivity index (χ0n) is 15.2. The normalized spacial score (nSPS) is 11.1. The Morgan fingerprint density at radius 2 is 1.82 bits per heavy atom. The fraction of sp³-hybridized carbons (Fsp3) is 0.158. The summed E-state index contributed by atoms with van der Waals surface area (Å²) in [6, 6.07) is 10.8. The van der Waals surface area contributed by atoms with Gasteiger partial charge in [0.25, 0.3) is 5.56 Å². The Kier molecular flexibility index (Phi) is 4.48. The van der Waals surface area contributed by atoms with Gasteiger partial charge in [0.1, 0.15) is 17.4 Å². The van der Waals surface area contributed by atoms with E-state index in [0.717, 1.165) is 10.4 Å². The summed E-state index contributed by atoms with van der Waals surface area (Å²) < 4.78 is 9.24. The highest BCUT2D eigenvalue weighted by Gasteiger charge is 2.22. The summed E-state index contributed by atoms with van der Waals surface area (Å²) in [7, 11) is 1.27. The number of benzene rings is 1. The lowest BCUT2D eigenvalue weighted by molar-refractivity contribution is -0.141. The van der Waals surface area contributed by atoms with Gasteiger partial charge in [0, 0.05) is 17.4 Å². The summed E-state index contributed by atoms with van der Waals surface area (Å²) in [5, 5.41) is 9.82. The van der Waals surface area contributed by atoms with Crippen molar-refractivity contribution in [2.24, 2.45) is 0 Å². The SMILES string of the molecule is COC(=O)Cn1nc(C)c2nn(-c3ccc(Cl)cc3)c(-n3cccc3)c2c1=O. The third-order valence-corrected chi connectivity index (χ3v) is 4.60. The number of carbonyl (C=O) groups is 1. The maximum Gasteiger partial charge on any atom is 0.327 e. The Bertz CT molecular complexity index is 1220. The van der Waals surface area contributed by atoms with E-state index in [1.807, 2.05) is 36.7 Å². The van der Waals surface area contributed by atoms with E-state index < -0.39 is 11.5 Å². The molecule has 0 aliphatic carbocycles. The number of ether oxygens (including phenoxy) is 1. The lowest BCUT2D eigenvalue weighted by Crippen LogP contribution is -2.28. The lowest BCUT2D eigenvalue weighted by Gasteiger charge is -2.09. The number of methoxy groups -OCH3 is 1. The molecule has 0 spiro atoms. The van der Waals surface area contributed by atoms with Crippen LogP contribution in [0.3, 0.4) is 0 Å². The molecule has 0 fully saturated rings. The van der Waals surface area contributed by atoms with Crippen molar-refractivity contribution in [3.63, 3.8) is 0 Å². The number of fused-ring (bicyclic) bond motifs is 1. The molecule has 3 heterocycles. The molecule has 28 heavy (non-hydrogen) atoms. The molecular formula is C19H16ClN5O3. The minimum absolute atomic E-state index is 0.274. The smallest absolute Gasteiger partial charge is 0.327 e. The van der Waals surface area contributed by atoms with Crippen molar-refractivity contribution in [3.8, 4) is 11.5 Å². The first-order valence-corrected chi connectivity index (χ1v) is 8.84. The van der Waals surface area contributed by atoms with E-state index in [4.69, 9.17) is 11.6 Å². The summed E-state index contributed by atoms with van der Waals surface area (Å²) in [4.78, 5) is 24.8. The minimum Gasteiger partial charge on any atom is -0.468 e. The number of carbonyl (C=O) groups excluding carboxylic acids is 1. The molecule has 0 radical (unpaired) electrons. The maximum absolute atomic E-state index is 13.2. The summed E-state index contributed by atoms with van der Waals surface area (Å²) in [5.74, 6) is -0.00241. The molecule has 0 saturated heterocycles. The predicted octanol–water partition coefficient (Wildman–Crippen LogP) is 2.51. The molecule has 0 N–H and O–H groups in total. The van der Waals surface area contributed by atoms with Gasteiger partial charge in [-0.15, -0.1) is 0 Å². The Morgan fingerprint density at radius 3 is 2.46 bits per heavy atom. The number of esters is 1. The first-order valence-electron chi connectivity index (χ1n) is 8.46. The summed E-state index contributed by atoms with van der Waals surface area (Å²) >= 11 is 6.01. The summed E-state index contributed by atoms with van der Waals surface area (Å²) in [6.07, 6.45) is 3.64. The molecule has 142 valence electrons. The largest absolute Gasteiger partial charge is 0.468 e. The van der Waals surface area contributed by atoms with Gasteiger partial charge >= 0.3 is 5.97 Å². The highest BCUT2D eigenvalue weighted by molar-refractivity contribution is 6.30. The molecule has 4 rings (SSSR count). The second kappa shape index (κ2) is 6.97. The van der Waals surface area contributed by atoms with Crippen LogP contribution in [0.25, 0.3) is 22.4 Å². The minimum atomic E-state index is -0.555. The zero-order valence-corrected chi connectivity index (χ0v) is 15.9. The van der Waals surface area contributed by atoms with Crippen molar-refractivity contribution in [1.29, 1.82) is 0 Å². The molecule has 1 aromatic carbocycles. The molecule has 0 unspecified atom stereocenters. The van der Waals surface area contributed by atoms with E-state index in [9.17, 15) is 9.59 Å². The quantitative estimate of drug-likeness (QED) is 0.494. The second-order valence-electron chi connectivity index (χ2n) is 6.15. The molecule has 0 aliphatic rings. The van der Waals surface area contributed by atoms with Crippen molar-refractivity contribution in [1.82, 2.24) is 24.1 Å². The Labute approximate surface area is 164 Å². The summed E-state index contributed by atoms with van der Waals surface area (Å²) in [5.41, 5.74) is 1.31. The van der Waals surface area contributed by atoms with Crippen LogP contribution in [0.2, 0.25) is 5.02 Å². The highest BCUT2D eigenvalue weighted by atomic mass is 35.5. The Balaban J connectivity index is 2.06. The maximum atomic E-state index is 13.2. The Hall–Kier alpha value is -3.39. The first kappa shape index (κ1) is 18.0. The van der Waals surface area contributed by atoms with Crippen LogP contribution in [0.4, 0.5) is 0 Å². The average Bonchev–Trinajstić information content (AvgIpc) is 3.34. The number of hydrogen-bond donors (Lipinski definition) is 0. The van der Waals surface area contributed by atoms with Gasteiger partial charge in [0.05, 0.1) is 18.5 Å². The number of rotatable bonds is 4. The van der Waals surface area contributed by atoms with Crippen molar-refractivity contribution >= 4 is 28.5 Å². The molecule has 9 heteroatoms. The van der Waals surface area contributed by atoms with E-state index in [2.05, 4.69) is 14.9 Å². The van der Waals surface area contributed by atoms with Gasteiger partial charge in [-0.2, -0.15) is 10.2 Å². The van der Waals surface area contributed by atoms with Gasteiger partial charge in [0.2, 0.25) is 0 Å². The molecule has 8 nitrogen and oxygen atoms in total. The average molecular weight is 398 g/mol. The number of nitrogens with zero attached hydrogens (tertiary/aromatic N) is 5. The fourth-order valence-electron chi connectivity index (χ4n) is 3.03. The number of aromatic nitrogens is 5. The van der Waals surface area contributed by atoms with Crippen molar-refractivity contribution in [2.45, 2.75) is 13.5 Å².